The minimum absolute atomic E-state index is 0.0174. The number of piperidine rings is 1. The lowest BCUT2D eigenvalue weighted by molar-refractivity contribution is -0.117. The van der Waals surface area contributed by atoms with Crippen molar-refractivity contribution in [2.24, 2.45) is 0 Å². The molecule has 0 unspecified atom stereocenters. The molecular weight excluding hydrogens is 322 g/mol. The van der Waals surface area contributed by atoms with E-state index >= 15 is 0 Å². The number of carbonyl (C=O) groups excluding carboxylic acids is 2. The molecule has 2 fully saturated rings. The summed E-state index contributed by atoms with van der Waals surface area (Å²) in [7, 11) is 0. The van der Waals surface area contributed by atoms with E-state index in [2.05, 4.69) is 21.6 Å². The van der Waals surface area contributed by atoms with E-state index in [0.717, 1.165) is 38.0 Å². The molecule has 2 N–H and O–H groups in total. The quantitative estimate of drug-likeness (QED) is 0.854. The lowest BCUT2D eigenvalue weighted by Gasteiger charge is -2.35. The van der Waals surface area contributed by atoms with E-state index in [-0.39, 0.29) is 30.4 Å². The third-order valence-corrected chi connectivity index (χ3v) is 5.00. The Kier molecular flexibility index (Phi) is 4.95. The van der Waals surface area contributed by atoms with Crippen molar-refractivity contribution < 1.29 is 14.0 Å². The number of anilines is 1. The Labute approximate surface area is 146 Å². The van der Waals surface area contributed by atoms with E-state index in [1.165, 1.54) is 0 Å². The molecule has 0 saturated carbocycles. The molecule has 0 aromatic carbocycles. The lowest BCUT2D eigenvalue weighted by Crippen LogP contribution is -2.47. The number of hydrogen-bond donors (Lipinski definition) is 2. The van der Waals surface area contributed by atoms with Crippen molar-refractivity contribution in [3.05, 3.63) is 16.9 Å². The van der Waals surface area contributed by atoms with Gasteiger partial charge in [-0.15, -0.1) is 0 Å². The van der Waals surface area contributed by atoms with Crippen LogP contribution in [0.4, 0.5) is 10.7 Å². The first kappa shape index (κ1) is 17.3. The highest BCUT2D eigenvalue weighted by molar-refractivity contribution is 5.92. The summed E-state index contributed by atoms with van der Waals surface area (Å²) < 4.78 is 5.47. The van der Waals surface area contributed by atoms with E-state index in [1.54, 1.807) is 13.8 Å². The highest BCUT2D eigenvalue weighted by atomic mass is 16.4. The summed E-state index contributed by atoms with van der Waals surface area (Å²) in [5.74, 6) is 0.672. The van der Waals surface area contributed by atoms with Gasteiger partial charge in [-0.05, 0) is 26.7 Å². The fraction of sp³-hybridized carbons (Fsp3) is 0.588. The standard InChI is InChI=1S/C17H23N5O3/c1-11-12(2)25-16(14(11)9-18)20-15(23)10-21-6-3-13(4-7-21)22-8-5-19-17(22)24/h13H,3-8,10H2,1-2H3,(H,19,24)(H,20,23). The molecule has 1 aromatic rings. The van der Waals surface area contributed by atoms with Crippen molar-refractivity contribution in [2.75, 3.05) is 38.0 Å². The molecule has 8 nitrogen and oxygen atoms in total. The highest BCUT2D eigenvalue weighted by Gasteiger charge is 2.31. The third kappa shape index (κ3) is 3.61. The van der Waals surface area contributed by atoms with Gasteiger partial charge in [0.05, 0.1) is 6.54 Å². The van der Waals surface area contributed by atoms with Crippen molar-refractivity contribution in [1.82, 2.24) is 15.1 Å². The van der Waals surface area contributed by atoms with Crippen LogP contribution in [0.15, 0.2) is 4.42 Å². The predicted molar refractivity (Wildman–Crippen MR) is 91.1 cm³/mol. The Balaban J connectivity index is 1.51. The molecule has 3 heterocycles. The molecule has 134 valence electrons. The Morgan fingerprint density at radius 1 is 1.36 bits per heavy atom. The molecule has 0 bridgehead atoms. The van der Waals surface area contributed by atoms with Gasteiger partial charge in [0, 0.05) is 37.8 Å². The zero-order chi connectivity index (χ0) is 18.0. The maximum atomic E-state index is 12.3. The topological polar surface area (TPSA) is 102 Å². The van der Waals surface area contributed by atoms with Crippen LogP contribution in [0.2, 0.25) is 0 Å². The van der Waals surface area contributed by atoms with Gasteiger partial charge in [-0.2, -0.15) is 5.26 Å². The molecule has 25 heavy (non-hydrogen) atoms. The van der Waals surface area contributed by atoms with Crippen LogP contribution in [0.5, 0.6) is 0 Å². The van der Waals surface area contributed by atoms with Gasteiger partial charge in [0.2, 0.25) is 11.8 Å². The average Bonchev–Trinajstić information content (AvgIpc) is 3.12. The minimum atomic E-state index is -0.192. The Hall–Kier alpha value is -2.53. The highest BCUT2D eigenvalue weighted by Crippen LogP contribution is 2.25. The van der Waals surface area contributed by atoms with Crippen molar-refractivity contribution in [2.45, 2.75) is 32.7 Å². The first-order chi connectivity index (χ1) is 12.0. The molecule has 2 aliphatic rings. The molecule has 3 amide bonds. The van der Waals surface area contributed by atoms with E-state index in [1.807, 2.05) is 4.90 Å². The summed E-state index contributed by atoms with van der Waals surface area (Å²) in [4.78, 5) is 27.9. The number of rotatable bonds is 4. The monoisotopic (exact) mass is 345 g/mol. The summed E-state index contributed by atoms with van der Waals surface area (Å²) in [5, 5.41) is 14.7. The molecular formula is C17H23N5O3. The van der Waals surface area contributed by atoms with Crippen LogP contribution in [0, 0.1) is 25.2 Å². The zero-order valence-corrected chi connectivity index (χ0v) is 14.6. The summed E-state index contributed by atoms with van der Waals surface area (Å²) in [5.41, 5.74) is 1.13. The van der Waals surface area contributed by atoms with E-state index in [9.17, 15) is 14.9 Å². The molecule has 3 rings (SSSR count). The maximum absolute atomic E-state index is 12.3. The lowest BCUT2D eigenvalue weighted by atomic mass is 10.0. The van der Waals surface area contributed by atoms with Crippen molar-refractivity contribution >= 4 is 17.8 Å². The normalized spacial score (nSPS) is 18.9. The molecule has 8 heteroatoms. The fourth-order valence-corrected chi connectivity index (χ4v) is 3.44. The number of furan rings is 1. The van der Waals surface area contributed by atoms with Crippen molar-refractivity contribution in [3.8, 4) is 6.07 Å². The van der Waals surface area contributed by atoms with Crippen molar-refractivity contribution in [1.29, 1.82) is 5.26 Å². The summed E-state index contributed by atoms with van der Waals surface area (Å²) in [6.07, 6.45) is 1.73. The van der Waals surface area contributed by atoms with Crippen LogP contribution in [-0.2, 0) is 4.79 Å². The summed E-state index contributed by atoms with van der Waals surface area (Å²) in [6.45, 7) is 6.83. The summed E-state index contributed by atoms with van der Waals surface area (Å²) >= 11 is 0. The van der Waals surface area contributed by atoms with Gasteiger partial charge in [-0.25, -0.2) is 4.79 Å². The number of nitriles is 1. The second kappa shape index (κ2) is 7.15. The molecule has 2 saturated heterocycles. The number of urea groups is 1. The predicted octanol–water partition coefficient (Wildman–Crippen LogP) is 1.20. The van der Waals surface area contributed by atoms with Crippen molar-refractivity contribution in [3.63, 3.8) is 0 Å². The second-order valence-corrected chi connectivity index (χ2v) is 6.58. The number of hydrogen-bond acceptors (Lipinski definition) is 5. The number of amides is 3. The van der Waals surface area contributed by atoms with Gasteiger partial charge in [0.15, 0.2) is 0 Å². The Morgan fingerprint density at radius 2 is 2.08 bits per heavy atom. The van der Waals surface area contributed by atoms with E-state index in [4.69, 9.17) is 4.42 Å². The zero-order valence-electron chi connectivity index (χ0n) is 14.6. The number of nitrogens with one attached hydrogen (secondary N) is 2. The van der Waals surface area contributed by atoms with Gasteiger partial charge in [0.25, 0.3) is 0 Å². The molecule has 0 aliphatic carbocycles. The fourth-order valence-electron chi connectivity index (χ4n) is 3.44. The van der Waals surface area contributed by atoms with Gasteiger partial charge in [0.1, 0.15) is 17.4 Å². The van der Waals surface area contributed by atoms with Crippen LogP contribution in [0.1, 0.15) is 29.7 Å². The van der Waals surface area contributed by atoms with E-state index < -0.39 is 0 Å². The molecule has 0 spiro atoms. The Morgan fingerprint density at radius 3 is 2.68 bits per heavy atom. The van der Waals surface area contributed by atoms with Gasteiger partial charge >= 0.3 is 6.03 Å². The molecule has 1 aromatic heterocycles. The number of nitrogens with zero attached hydrogens (tertiary/aromatic N) is 3. The number of carbonyl (C=O) groups is 2. The van der Waals surface area contributed by atoms with Crippen LogP contribution in [0.3, 0.4) is 0 Å². The first-order valence-electron chi connectivity index (χ1n) is 8.56. The van der Waals surface area contributed by atoms with Crippen LogP contribution >= 0.6 is 0 Å². The van der Waals surface area contributed by atoms with Gasteiger partial charge < -0.3 is 14.6 Å². The van der Waals surface area contributed by atoms with Crippen LogP contribution in [-0.4, -0.2) is 60.5 Å². The van der Waals surface area contributed by atoms with E-state index in [0.29, 0.717) is 17.9 Å². The largest absolute Gasteiger partial charge is 0.444 e. The van der Waals surface area contributed by atoms with Crippen LogP contribution < -0.4 is 10.6 Å². The SMILES string of the molecule is Cc1oc(NC(=O)CN2CCC(N3CCNC3=O)CC2)c(C#N)c1C. The smallest absolute Gasteiger partial charge is 0.317 e. The van der Waals surface area contributed by atoms with Gasteiger partial charge in [-0.1, -0.05) is 0 Å². The molecule has 0 atom stereocenters. The maximum Gasteiger partial charge on any atom is 0.317 e. The first-order valence-corrected chi connectivity index (χ1v) is 8.56. The average molecular weight is 345 g/mol. The number of likely N-dealkylation sites (tertiary alicyclic amines) is 1. The Bertz CT molecular complexity index is 713. The minimum Gasteiger partial charge on any atom is -0.444 e. The summed E-state index contributed by atoms with van der Waals surface area (Å²) in [6, 6.07) is 2.34. The molecule has 2 aliphatic heterocycles. The second-order valence-electron chi connectivity index (χ2n) is 6.58. The third-order valence-electron chi connectivity index (χ3n) is 5.00. The van der Waals surface area contributed by atoms with Crippen LogP contribution in [0.25, 0.3) is 0 Å². The van der Waals surface area contributed by atoms with Gasteiger partial charge in [-0.3, -0.25) is 15.0 Å². The molecule has 0 radical (unpaired) electrons. The number of aryl methyl sites for hydroxylation is 1.